The number of methoxy groups -OCH3 is 2. The maximum absolute atomic E-state index is 5.41. The number of benzene rings is 1. The molecule has 2 rings (SSSR count). The number of rotatable bonds is 5. The monoisotopic (exact) mass is 279 g/mol. The number of ether oxygens (including phenoxy) is 2. The van der Waals surface area contributed by atoms with Crippen molar-refractivity contribution in [1.82, 2.24) is 14.8 Å². The molecule has 1 aromatic carbocycles. The van der Waals surface area contributed by atoms with E-state index in [9.17, 15) is 0 Å². The highest BCUT2D eigenvalue weighted by Gasteiger charge is 2.13. The van der Waals surface area contributed by atoms with E-state index in [1.54, 1.807) is 14.2 Å². The van der Waals surface area contributed by atoms with Crippen molar-refractivity contribution in [1.29, 1.82) is 0 Å². The molecule has 0 aliphatic heterocycles. The summed E-state index contributed by atoms with van der Waals surface area (Å²) in [7, 11) is 3.25. The van der Waals surface area contributed by atoms with E-state index >= 15 is 0 Å². The minimum Gasteiger partial charge on any atom is -0.497 e. The third kappa shape index (κ3) is 2.63. The molecule has 0 saturated heterocycles. The number of H-pyrrole nitrogens is 1. The van der Waals surface area contributed by atoms with Crippen molar-refractivity contribution in [2.45, 2.75) is 19.8 Å². The molecule has 0 saturated carbocycles. The molecule has 0 spiro atoms. The van der Waals surface area contributed by atoms with Gasteiger partial charge in [-0.1, -0.05) is 6.92 Å². The van der Waals surface area contributed by atoms with Crippen LogP contribution in [0.5, 0.6) is 11.5 Å². The van der Waals surface area contributed by atoms with Gasteiger partial charge in [0.05, 0.1) is 19.9 Å². The van der Waals surface area contributed by atoms with Crippen molar-refractivity contribution in [2.24, 2.45) is 0 Å². The van der Waals surface area contributed by atoms with Crippen LogP contribution in [0.4, 0.5) is 0 Å². The number of hydrogen-bond donors (Lipinski definition) is 1. The molecule has 0 bridgehead atoms. The summed E-state index contributed by atoms with van der Waals surface area (Å²) >= 11 is 5.30. The lowest BCUT2D eigenvalue weighted by molar-refractivity contribution is 0.393. The largest absolute Gasteiger partial charge is 0.497 e. The molecule has 5 nitrogen and oxygen atoms in total. The van der Waals surface area contributed by atoms with Gasteiger partial charge in [0.25, 0.3) is 0 Å². The summed E-state index contributed by atoms with van der Waals surface area (Å²) in [6.45, 7) is 2.10. The number of nitrogens with zero attached hydrogens (tertiary/aromatic N) is 2. The van der Waals surface area contributed by atoms with Crippen molar-refractivity contribution in [2.75, 3.05) is 14.2 Å². The zero-order valence-corrected chi connectivity index (χ0v) is 12.1. The lowest BCUT2D eigenvalue weighted by Gasteiger charge is -2.12. The van der Waals surface area contributed by atoms with Crippen molar-refractivity contribution in [3.8, 4) is 17.2 Å². The average molecular weight is 279 g/mol. The first kappa shape index (κ1) is 13.6. The Morgan fingerprint density at radius 3 is 2.74 bits per heavy atom. The van der Waals surface area contributed by atoms with E-state index in [0.717, 1.165) is 30.1 Å². The van der Waals surface area contributed by atoms with E-state index in [-0.39, 0.29) is 0 Å². The van der Waals surface area contributed by atoms with Crippen LogP contribution in [0.3, 0.4) is 0 Å². The maximum Gasteiger partial charge on any atom is 0.199 e. The van der Waals surface area contributed by atoms with Crippen LogP contribution in [-0.2, 0) is 6.42 Å². The standard InChI is InChI=1S/C13H17N3O2S/c1-4-5-12-14-15-13(19)16(12)10-7-6-9(17-2)8-11(10)18-3/h6-8H,4-5H2,1-3H3,(H,15,19). The van der Waals surface area contributed by atoms with E-state index in [1.165, 1.54) is 0 Å². The average Bonchev–Trinajstić information content (AvgIpc) is 2.79. The Morgan fingerprint density at radius 2 is 2.11 bits per heavy atom. The summed E-state index contributed by atoms with van der Waals surface area (Å²) in [5.74, 6) is 2.35. The summed E-state index contributed by atoms with van der Waals surface area (Å²) in [5, 5.41) is 7.09. The van der Waals surface area contributed by atoms with Gasteiger partial charge >= 0.3 is 0 Å². The van der Waals surface area contributed by atoms with Gasteiger partial charge < -0.3 is 9.47 Å². The molecule has 1 N–H and O–H groups in total. The van der Waals surface area contributed by atoms with Gasteiger partial charge in [-0.25, -0.2) is 0 Å². The summed E-state index contributed by atoms with van der Waals surface area (Å²) < 4.78 is 13.1. The molecule has 2 aromatic rings. The molecule has 0 unspecified atom stereocenters. The van der Waals surface area contributed by atoms with Gasteiger partial charge in [-0.2, -0.15) is 5.10 Å². The van der Waals surface area contributed by atoms with E-state index in [0.29, 0.717) is 10.5 Å². The summed E-state index contributed by atoms with van der Waals surface area (Å²) in [6, 6.07) is 5.63. The minimum atomic E-state index is 0.562. The highest BCUT2D eigenvalue weighted by molar-refractivity contribution is 7.71. The smallest absolute Gasteiger partial charge is 0.199 e. The molecule has 0 fully saturated rings. The van der Waals surface area contributed by atoms with Gasteiger partial charge in [0.1, 0.15) is 17.3 Å². The molecule has 6 heteroatoms. The summed E-state index contributed by atoms with van der Waals surface area (Å²) in [4.78, 5) is 0. The maximum atomic E-state index is 5.41. The second-order valence-electron chi connectivity index (χ2n) is 4.07. The number of aryl methyl sites for hydroxylation is 1. The number of hydrogen-bond acceptors (Lipinski definition) is 4. The van der Waals surface area contributed by atoms with Gasteiger partial charge in [-0.15, -0.1) is 0 Å². The zero-order valence-electron chi connectivity index (χ0n) is 11.3. The normalized spacial score (nSPS) is 10.5. The van der Waals surface area contributed by atoms with Crippen LogP contribution in [-0.4, -0.2) is 29.0 Å². The lowest BCUT2D eigenvalue weighted by atomic mass is 10.2. The molecular weight excluding hydrogens is 262 g/mol. The SMILES string of the molecule is CCCc1n[nH]c(=S)n1-c1ccc(OC)cc1OC. The second kappa shape index (κ2) is 5.88. The first-order valence-corrected chi connectivity index (χ1v) is 6.50. The predicted molar refractivity (Wildman–Crippen MR) is 75.8 cm³/mol. The number of aromatic nitrogens is 3. The van der Waals surface area contributed by atoms with Crippen molar-refractivity contribution in [3.05, 3.63) is 28.8 Å². The Kier molecular flexibility index (Phi) is 4.21. The topological polar surface area (TPSA) is 52.1 Å². The Labute approximate surface area is 117 Å². The lowest BCUT2D eigenvalue weighted by Crippen LogP contribution is -2.03. The number of nitrogens with one attached hydrogen (secondary N) is 1. The molecule has 1 aromatic heterocycles. The number of aromatic amines is 1. The second-order valence-corrected chi connectivity index (χ2v) is 4.45. The van der Waals surface area contributed by atoms with E-state index < -0.39 is 0 Å². The molecule has 19 heavy (non-hydrogen) atoms. The predicted octanol–water partition coefficient (Wildman–Crippen LogP) is 2.90. The highest BCUT2D eigenvalue weighted by Crippen LogP contribution is 2.28. The third-order valence-corrected chi connectivity index (χ3v) is 3.12. The fourth-order valence-electron chi connectivity index (χ4n) is 1.94. The molecule has 0 atom stereocenters. The van der Waals surface area contributed by atoms with E-state index in [2.05, 4.69) is 17.1 Å². The first-order chi connectivity index (χ1) is 9.21. The molecule has 1 heterocycles. The van der Waals surface area contributed by atoms with Crippen LogP contribution >= 0.6 is 12.2 Å². The van der Waals surface area contributed by atoms with E-state index in [4.69, 9.17) is 21.7 Å². The molecule has 0 aliphatic carbocycles. The minimum absolute atomic E-state index is 0.562. The van der Waals surface area contributed by atoms with Gasteiger partial charge in [0.15, 0.2) is 4.77 Å². The van der Waals surface area contributed by atoms with Crippen LogP contribution in [0.15, 0.2) is 18.2 Å². The summed E-state index contributed by atoms with van der Waals surface area (Å²) in [5.41, 5.74) is 0.866. The van der Waals surface area contributed by atoms with Crippen molar-refractivity contribution < 1.29 is 9.47 Å². The van der Waals surface area contributed by atoms with Crippen molar-refractivity contribution >= 4 is 12.2 Å². The highest BCUT2D eigenvalue weighted by atomic mass is 32.1. The quantitative estimate of drug-likeness (QED) is 0.855. The van der Waals surface area contributed by atoms with Crippen LogP contribution in [0.1, 0.15) is 19.2 Å². The molecule has 0 amide bonds. The van der Waals surface area contributed by atoms with Gasteiger partial charge in [0, 0.05) is 12.5 Å². The van der Waals surface area contributed by atoms with E-state index in [1.807, 2.05) is 22.8 Å². The Morgan fingerprint density at radius 1 is 1.32 bits per heavy atom. The Hall–Kier alpha value is -1.82. The first-order valence-electron chi connectivity index (χ1n) is 6.10. The molecular formula is C13H17N3O2S. The zero-order chi connectivity index (χ0) is 13.8. The Bertz CT molecular complexity index is 619. The fourth-order valence-corrected chi connectivity index (χ4v) is 2.19. The molecule has 0 aliphatic rings. The van der Waals surface area contributed by atoms with Crippen LogP contribution < -0.4 is 9.47 Å². The van der Waals surface area contributed by atoms with Gasteiger partial charge in [-0.3, -0.25) is 9.67 Å². The summed E-state index contributed by atoms with van der Waals surface area (Å²) in [6.07, 6.45) is 1.85. The van der Waals surface area contributed by atoms with Crippen molar-refractivity contribution in [3.63, 3.8) is 0 Å². The van der Waals surface area contributed by atoms with Crippen LogP contribution in [0.2, 0.25) is 0 Å². The van der Waals surface area contributed by atoms with Gasteiger partial charge in [-0.05, 0) is 30.8 Å². The molecule has 0 radical (unpaired) electrons. The third-order valence-electron chi connectivity index (χ3n) is 2.84. The van der Waals surface area contributed by atoms with Crippen LogP contribution in [0, 0.1) is 4.77 Å². The molecule has 102 valence electrons. The fraction of sp³-hybridized carbons (Fsp3) is 0.385. The van der Waals surface area contributed by atoms with Gasteiger partial charge in [0.2, 0.25) is 0 Å². The van der Waals surface area contributed by atoms with Crippen LogP contribution in [0.25, 0.3) is 5.69 Å². The Balaban J connectivity index is 2.58.